The van der Waals surface area contributed by atoms with Crippen molar-refractivity contribution in [3.8, 4) is 0 Å². The number of aromatic nitrogens is 2. The van der Waals surface area contributed by atoms with E-state index in [4.69, 9.17) is 4.74 Å². The first-order valence-corrected chi connectivity index (χ1v) is 6.86. The molecule has 6 nitrogen and oxygen atoms in total. The molecule has 1 aliphatic rings. The predicted molar refractivity (Wildman–Crippen MR) is 68.6 cm³/mol. The Balaban J connectivity index is 2.21. The SMILES string of the molecule is CSc1ncc(CO)c(N[C@@H]2COCC2(C)O)n1. The van der Waals surface area contributed by atoms with Gasteiger partial charge in [0.05, 0.1) is 25.9 Å². The molecule has 2 rings (SSSR count). The highest BCUT2D eigenvalue weighted by Crippen LogP contribution is 2.24. The lowest BCUT2D eigenvalue weighted by atomic mass is 10.0. The lowest BCUT2D eigenvalue weighted by Crippen LogP contribution is -2.43. The fourth-order valence-electron chi connectivity index (χ4n) is 1.76. The highest BCUT2D eigenvalue weighted by Gasteiger charge is 2.38. The van der Waals surface area contributed by atoms with E-state index in [0.29, 0.717) is 29.8 Å². The highest BCUT2D eigenvalue weighted by molar-refractivity contribution is 7.98. The molecule has 0 amide bonds. The van der Waals surface area contributed by atoms with Crippen molar-refractivity contribution >= 4 is 17.6 Å². The van der Waals surface area contributed by atoms with E-state index in [1.165, 1.54) is 11.8 Å². The summed E-state index contributed by atoms with van der Waals surface area (Å²) in [5.74, 6) is 0.549. The van der Waals surface area contributed by atoms with Crippen LogP contribution in [0.4, 0.5) is 5.82 Å². The number of nitrogens with zero attached hydrogens (tertiary/aromatic N) is 2. The summed E-state index contributed by atoms with van der Waals surface area (Å²) in [6.07, 6.45) is 3.47. The second kappa shape index (κ2) is 5.40. The summed E-state index contributed by atoms with van der Waals surface area (Å²) in [5.41, 5.74) is -0.326. The molecule has 3 N–H and O–H groups in total. The Kier molecular flexibility index (Phi) is 4.06. The molecule has 0 spiro atoms. The van der Waals surface area contributed by atoms with Gasteiger partial charge in [-0.15, -0.1) is 0 Å². The van der Waals surface area contributed by atoms with Crippen LogP contribution in [0.1, 0.15) is 12.5 Å². The molecule has 1 unspecified atom stereocenters. The summed E-state index contributed by atoms with van der Waals surface area (Å²) >= 11 is 1.42. The zero-order valence-electron chi connectivity index (χ0n) is 10.4. The van der Waals surface area contributed by atoms with Gasteiger partial charge in [-0.3, -0.25) is 0 Å². The molecule has 1 aliphatic heterocycles. The van der Waals surface area contributed by atoms with Crippen molar-refractivity contribution in [2.75, 3.05) is 24.8 Å². The summed E-state index contributed by atoms with van der Waals surface area (Å²) in [4.78, 5) is 8.40. The Morgan fingerprint density at radius 1 is 1.67 bits per heavy atom. The number of thioether (sulfide) groups is 1. The van der Waals surface area contributed by atoms with E-state index in [0.717, 1.165) is 0 Å². The molecule has 0 radical (unpaired) electrons. The summed E-state index contributed by atoms with van der Waals surface area (Å²) in [6, 6.07) is -0.243. The van der Waals surface area contributed by atoms with E-state index in [9.17, 15) is 10.2 Å². The van der Waals surface area contributed by atoms with Gasteiger partial charge in [0, 0.05) is 11.8 Å². The molecule has 0 bridgehead atoms. The number of aliphatic hydroxyl groups excluding tert-OH is 1. The molecule has 0 aromatic carbocycles. The molecular formula is C11H17N3O3S. The van der Waals surface area contributed by atoms with Gasteiger partial charge in [0.15, 0.2) is 5.16 Å². The quantitative estimate of drug-likeness (QED) is 0.534. The van der Waals surface area contributed by atoms with Crippen LogP contribution in [-0.4, -0.2) is 51.3 Å². The van der Waals surface area contributed by atoms with Crippen molar-refractivity contribution in [1.29, 1.82) is 0 Å². The minimum absolute atomic E-state index is 0.146. The standard InChI is InChI=1S/C11H17N3O3S/c1-11(16)6-17-5-8(11)13-9-7(4-15)3-12-10(14-9)18-2/h3,8,15-16H,4-6H2,1-2H3,(H,12,13,14)/t8-,11?/m1/s1. The Bertz CT molecular complexity index is 428. The topological polar surface area (TPSA) is 87.5 Å². The first kappa shape index (κ1) is 13.5. The van der Waals surface area contributed by atoms with Crippen LogP contribution < -0.4 is 5.32 Å². The maximum absolute atomic E-state index is 10.1. The normalized spacial score (nSPS) is 27.4. The molecule has 1 fully saturated rings. The van der Waals surface area contributed by atoms with Crippen LogP contribution in [0.5, 0.6) is 0 Å². The highest BCUT2D eigenvalue weighted by atomic mass is 32.2. The minimum atomic E-state index is -0.933. The number of ether oxygens (including phenoxy) is 1. The number of rotatable bonds is 4. The van der Waals surface area contributed by atoms with Crippen LogP contribution in [0.15, 0.2) is 11.4 Å². The minimum Gasteiger partial charge on any atom is -0.391 e. The molecule has 2 heterocycles. The molecular weight excluding hydrogens is 254 g/mol. The summed E-state index contributed by atoms with van der Waals surface area (Å²) < 4.78 is 5.25. The molecule has 1 aromatic rings. The van der Waals surface area contributed by atoms with Crippen molar-refractivity contribution in [3.05, 3.63) is 11.8 Å². The fraction of sp³-hybridized carbons (Fsp3) is 0.636. The molecule has 1 aromatic heterocycles. The molecule has 2 atom stereocenters. The van der Waals surface area contributed by atoms with Crippen LogP contribution in [0, 0.1) is 0 Å². The largest absolute Gasteiger partial charge is 0.391 e. The van der Waals surface area contributed by atoms with Crippen molar-refractivity contribution in [3.63, 3.8) is 0 Å². The average Bonchev–Trinajstić information content (AvgIpc) is 2.68. The van der Waals surface area contributed by atoms with Gasteiger partial charge < -0.3 is 20.3 Å². The first-order valence-electron chi connectivity index (χ1n) is 5.64. The molecule has 7 heteroatoms. The zero-order chi connectivity index (χ0) is 13.2. The summed E-state index contributed by atoms with van der Waals surface area (Å²) in [6.45, 7) is 2.27. The van der Waals surface area contributed by atoms with Crippen LogP contribution >= 0.6 is 11.8 Å². The monoisotopic (exact) mass is 271 g/mol. The number of nitrogens with one attached hydrogen (secondary N) is 1. The Hall–Kier alpha value is -0.890. The van der Waals surface area contributed by atoms with E-state index in [1.807, 2.05) is 6.26 Å². The number of anilines is 1. The van der Waals surface area contributed by atoms with Gasteiger partial charge in [-0.2, -0.15) is 0 Å². The third kappa shape index (κ3) is 2.74. The van der Waals surface area contributed by atoms with Crippen molar-refractivity contribution in [2.24, 2.45) is 0 Å². The second-order valence-electron chi connectivity index (χ2n) is 4.46. The predicted octanol–water partition coefficient (Wildman–Crippen LogP) is 0.252. The third-order valence-corrected chi connectivity index (χ3v) is 3.50. The van der Waals surface area contributed by atoms with Crippen molar-refractivity contribution in [1.82, 2.24) is 9.97 Å². The summed E-state index contributed by atoms with van der Waals surface area (Å²) in [7, 11) is 0. The fourth-order valence-corrected chi connectivity index (χ4v) is 2.10. The Morgan fingerprint density at radius 3 is 3.00 bits per heavy atom. The van der Waals surface area contributed by atoms with E-state index < -0.39 is 5.60 Å². The van der Waals surface area contributed by atoms with E-state index in [1.54, 1.807) is 13.1 Å². The van der Waals surface area contributed by atoms with Gasteiger partial charge in [0.25, 0.3) is 0 Å². The molecule has 0 aliphatic carbocycles. The molecule has 18 heavy (non-hydrogen) atoms. The van der Waals surface area contributed by atoms with Gasteiger partial charge in [-0.1, -0.05) is 11.8 Å². The van der Waals surface area contributed by atoms with Crippen LogP contribution in [0.3, 0.4) is 0 Å². The molecule has 0 saturated carbocycles. The number of hydrogen-bond acceptors (Lipinski definition) is 7. The lowest BCUT2D eigenvalue weighted by Gasteiger charge is -2.25. The maximum atomic E-state index is 10.1. The maximum Gasteiger partial charge on any atom is 0.189 e. The van der Waals surface area contributed by atoms with Gasteiger partial charge in [-0.25, -0.2) is 9.97 Å². The molecule has 1 saturated heterocycles. The average molecular weight is 271 g/mol. The van der Waals surface area contributed by atoms with Crippen LogP contribution in [0.25, 0.3) is 0 Å². The van der Waals surface area contributed by atoms with E-state index in [2.05, 4.69) is 15.3 Å². The second-order valence-corrected chi connectivity index (χ2v) is 5.23. The summed E-state index contributed by atoms with van der Waals surface area (Å²) in [5, 5.41) is 23.1. The van der Waals surface area contributed by atoms with Gasteiger partial charge in [-0.05, 0) is 13.2 Å². The van der Waals surface area contributed by atoms with Gasteiger partial charge in [0.2, 0.25) is 0 Å². The first-order chi connectivity index (χ1) is 8.56. The van der Waals surface area contributed by atoms with Crippen molar-refractivity contribution in [2.45, 2.75) is 30.3 Å². The Labute approximate surface area is 110 Å². The Morgan fingerprint density at radius 2 is 2.44 bits per heavy atom. The van der Waals surface area contributed by atoms with E-state index in [-0.39, 0.29) is 12.6 Å². The van der Waals surface area contributed by atoms with Crippen molar-refractivity contribution < 1.29 is 14.9 Å². The number of aliphatic hydroxyl groups is 2. The smallest absolute Gasteiger partial charge is 0.189 e. The zero-order valence-corrected chi connectivity index (χ0v) is 11.2. The van der Waals surface area contributed by atoms with Crippen LogP contribution in [-0.2, 0) is 11.3 Å². The lowest BCUT2D eigenvalue weighted by molar-refractivity contribution is 0.0389. The third-order valence-electron chi connectivity index (χ3n) is 2.94. The van der Waals surface area contributed by atoms with E-state index >= 15 is 0 Å². The van der Waals surface area contributed by atoms with Crippen LogP contribution in [0.2, 0.25) is 0 Å². The van der Waals surface area contributed by atoms with Gasteiger partial charge >= 0.3 is 0 Å². The molecule has 100 valence electrons. The number of hydrogen-bond donors (Lipinski definition) is 3. The van der Waals surface area contributed by atoms with Gasteiger partial charge in [0.1, 0.15) is 11.4 Å².